The second-order valence-corrected chi connectivity index (χ2v) is 4.52. The number of carboxylic acid groups (broad SMARTS) is 1. The fourth-order valence-corrected chi connectivity index (χ4v) is 2.11. The van der Waals surface area contributed by atoms with Crippen LogP contribution in [0.5, 0.6) is 0 Å². The van der Waals surface area contributed by atoms with E-state index < -0.39 is 16.9 Å². The Morgan fingerprint density at radius 2 is 2.05 bits per heavy atom. The van der Waals surface area contributed by atoms with Crippen LogP contribution in [0.4, 0.5) is 5.69 Å². The van der Waals surface area contributed by atoms with Crippen molar-refractivity contribution in [2.75, 3.05) is 0 Å². The van der Waals surface area contributed by atoms with E-state index >= 15 is 0 Å². The number of quaternary nitrogens is 1. The summed E-state index contributed by atoms with van der Waals surface area (Å²) in [6, 6.07) is 9.21. The standard InChI is InChI=1S/C14H14N2O5/c17-14(18)8-11(13-6-3-7-21-13)15-9-10-4-1-2-5-12(10)16(19)20/h1-7,11,15H,8-9H2,(H,17,18). The number of carbonyl (C=O) groups is 1. The third kappa shape index (κ3) is 3.90. The van der Waals surface area contributed by atoms with Gasteiger partial charge in [-0.1, -0.05) is 12.1 Å². The maximum absolute atomic E-state index is 10.9. The van der Waals surface area contributed by atoms with Gasteiger partial charge in [-0.15, -0.1) is 0 Å². The molecule has 0 amide bonds. The van der Waals surface area contributed by atoms with Crippen molar-refractivity contribution in [2.24, 2.45) is 0 Å². The molecule has 0 radical (unpaired) electrons. The van der Waals surface area contributed by atoms with E-state index in [9.17, 15) is 20.0 Å². The minimum absolute atomic E-state index is 0.0143. The summed E-state index contributed by atoms with van der Waals surface area (Å²) in [5.41, 5.74) is 0.540. The second-order valence-electron chi connectivity index (χ2n) is 4.52. The summed E-state index contributed by atoms with van der Waals surface area (Å²) in [5, 5.41) is 23.4. The molecule has 7 nitrogen and oxygen atoms in total. The van der Waals surface area contributed by atoms with Gasteiger partial charge in [-0.05, 0) is 18.2 Å². The zero-order valence-corrected chi connectivity index (χ0v) is 11.1. The van der Waals surface area contributed by atoms with E-state index in [0.29, 0.717) is 11.3 Å². The van der Waals surface area contributed by atoms with E-state index in [4.69, 9.17) is 4.42 Å². The molecule has 0 aliphatic carbocycles. The normalized spacial score (nSPS) is 12.0. The number of hydrogen-bond donors (Lipinski definition) is 1. The summed E-state index contributed by atoms with van der Waals surface area (Å²) in [5.74, 6) is -0.701. The van der Waals surface area contributed by atoms with Gasteiger partial charge in [0.25, 0.3) is 5.69 Å². The summed E-state index contributed by atoms with van der Waals surface area (Å²) < 4.78 is 5.21. The topological polar surface area (TPSA) is 113 Å². The number of nitro groups is 1. The Labute approximate surface area is 120 Å². The number of nitrogens with zero attached hydrogens (tertiary/aromatic N) is 1. The number of hydrogen-bond acceptors (Lipinski definition) is 5. The molecule has 0 aliphatic rings. The average molecular weight is 290 g/mol. The molecule has 2 aromatic rings. The summed E-state index contributed by atoms with van der Waals surface area (Å²) in [4.78, 5) is 21.3. The fraction of sp³-hybridized carbons (Fsp3) is 0.214. The van der Waals surface area contributed by atoms with Crippen molar-refractivity contribution < 1.29 is 24.6 Å². The molecule has 0 bridgehead atoms. The minimum atomic E-state index is -1.20. The number of nitrogens with two attached hydrogens (primary N) is 1. The molecule has 0 saturated carbocycles. The van der Waals surface area contributed by atoms with Crippen molar-refractivity contribution in [3.05, 3.63) is 64.1 Å². The largest absolute Gasteiger partial charge is 0.550 e. The molecular formula is C14H14N2O5. The predicted octanol–water partition coefficient (Wildman–Crippen LogP) is 0.133. The van der Waals surface area contributed by atoms with Gasteiger partial charge in [-0.25, -0.2) is 0 Å². The first kappa shape index (κ1) is 14.7. The average Bonchev–Trinajstić information content (AvgIpc) is 2.97. The van der Waals surface area contributed by atoms with Crippen molar-refractivity contribution in [1.29, 1.82) is 0 Å². The Balaban J connectivity index is 2.12. The second kappa shape index (κ2) is 6.67. The Bertz CT molecular complexity index is 624. The lowest BCUT2D eigenvalue weighted by atomic mass is 10.1. The summed E-state index contributed by atoms with van der Waals surface area (Å²) in [7, 11) is 0. The van der Waals surface area contributed by atoms with Crippen LogP contribution in [-0.4, -0.2) is 10.9 Å². The summed E-state index contributed by atoms with van der Waals surface area (Å²) in [6.07, 6.45) is 1.23. The van der Waals surface area contributed by atoms with Crippen LogP contribution in [0.3, 0.4) is 0 Å². The highest BCUT2D eigenvalue weighted by atomic mass is 16.6. The zero-order chi connectivity index (χ0) is 15.2. The first-order valence-corrected chi connectivity index (χ1v) is 6.37. The molecule has 0 aliphatic heterocycles. The van der Waals surface area contributed by atoms with Crippen molar-refractivity contribution >= 4 is 11.7 Å². The van der Waals surface area contributed by atoms with Crippen LogP contribution in [0.1, 0.15) is 23.8 Å². The maximum Gasteiger partial charge on any atom is 0.278 e. The SMILES string of the molecule is O=C([O-])CC([NH2+]Cc1ccccc1[N+](=O)[O-])c1ccco1. The molecule has 2 N–H and O–H groups in total. The minimum Gasteiger partial charge on any atom is -0.550 e. The third-order valence-corrected chi connectivity index (χ3v) is 3.11. The highest BCUT2D eigenvalue weighted by Crippen LogP contribution is 2.17. The van der Waals surface area contributed by atoms with E-state index in [2.05, 4.69) is 0 Å². The van der Waals surface area contributed by atoms with Crippen LogP contribution < -0.4 is 10.4 Å². The quantitative estimate of drug-likeness (QED) is 0.575. The molecule has 1 aromatic carbocycles. The summed E-state index contributed by atoms with van der Waals surface area (Å²) in [6.45, 7) is 0.274. The zero-order valence-electron chi connectivity index (χ0n) is 11.1. The van der Waals surface area contributed by atoms with Gasteiger partial charge >= 0.3 is 0 Å². The van der Waals surface area contributed by atoms with Crippen LogP contribution in [0.15, 0.2) is 47.1 Å². The van der Waals surface area contributed by atoms with Gasteiger partial charge < -0.3 is 19.6 Å². The Morgan fingerprint density at radius 3 is 2.67 bits per heavy atom. The molecule has 1 heterocycles. The third-order valence-electron chi connectivity index (χ3n) is 3.11. The van der Waals surface area contributed by atoms with Gasteiger partial charge in [0.15, 0.2) is 5.76 Å². The first-order valence-electron chi connectivity index (χ1n) is 6.37. The van der Waals surface area contributed by atoms with E-state index in [1.807, 2.05) is 0 Å². The van der Waals surface area contributed by atoms with Crippen LogP contribution >= 0.6 is 0 Å². The Kier molecular flexibility index (Phi) is 4.68. The monoisotopic (exact) mass is 290 g/mol. The Morgan fingerprint density at radius 1 is 1.29 bits per heavy atom. The molecule has 1 unspecified atom stereocenters. The molecule has 7 heteroatoms. The Hall–Kier alpha value is -2.67. The molecule has 1 atom stereocenters. The summed E-state index contributed by atoms with van der Waals surface area (Å²) >= 11 is 0. The number of nitro benzene ring substituents is 1. The van der Waals surface area contributed by atoms with Gasteiger partial charge in [0.05, 0.1) is 16.7 Å². The number of rotatable bonds is 7. The van der Waals surface area contributed by atoms with Crippen LogP contribution in [-0.2, 0) is 11.3 Å². The number of benzene rings is 1. The van der Waals surface area contributed by atoms with Crippen LogP contribution in [0.25, 0.3) is 0 Å². The van der Waals surface area contributed by atoms with Crippen molar-refractivity contribution in [3.8, 4) is 0 Å². The van der Waals surface area contributed by atoms with Gasteiger partial charge in [-0.2, -0.15) is 0 Å². The van der Waals surface area contributed by atoms with E-state index in [1.165, 1.54) is 12.3 Å². The molecule has 0 saturated heterocycles. The highest BCUT2D eigenvalue weighted by Gasteiger charge is 2.20. The van der Waals surface area contributed by atoms with Crippen molar-refractivity contribution in [2.45, 2.75) is 19.0 Å². The maximum atomic E-state index is 10.9. The van der Waals surface area contributed by atoms with Crippen LogP contribution in [0, 0.1) is 10.1 Å². The van der Waals surface area contributed by atoms with Gasteiger partial charge in [0.1, 0.15) is 12.6 Å². The lowest BCUT2D eigenvalue weighted by Crippen LogP contribution is -2.84. The highest BCUT2D eigenvalue weighted by molar-refractivity contribution is 5.65. The van der Waals surface area contributed by atoms with E-state index in [0.717, 1.165) is 0 Å². The van der Waals surface area contributed by atoms with Gasteiger partial charge in [0, 0.05) is 18.5 Å². The molecule has 0 fully saturated rings. The molecule has 21 heavy (non-hydrogen) atoms. The van der Waals surface area contributed by atoms with Gasteiger partial charge in [-0.3, -0.25) is 10.1 Å². The smallest absolute Gasteiger partial charge is 0.278 e. The fourth-order valence-electron chi connectivity index (χ4n) is 2.11. The lowest BCUT2D eigenvalue weighted by molar-refractivity contribution is -0.713. The lowest BCUT2D eigenvalue weighted by Gasteiger charge is -2.14. The van der Waals surface area contributed by atoms with E-state index in [-0.39, 0.29) is 18.7 Å². The molecule has 0 spiro atoms. The van der Waals surface area contributed by atoms with Crippen molar-refractivity contribution in [3.63, 3.8) is 0 Å². The molecule has 110 valence electrons. The van der Waals surface area contributed by atoms with E-state index in [1.54, 1.807) is 35.6 Å². The number of aliphatic carboxylic acids is 1. The molecule has 2 rings (SSSR count). The van der Waals surface area contributed by atoms with Crippen molar-refractivity contribution in [1.82, 2.24) is 0 Å². The number of furan rings is 1. The van der Waals surface area contributed by atoms with Gasteiger partial charge in [0.2, 0.25) is 0 Å². The number of carboxylic acids is 1. The molecular weight excluding hydrogens is 276 g/mol. The predicted molar refractivity (Wildman–Crippen MR) is 69.8 cm³/mol. The first-order chi connectivity index (χ1) is 10.1. The number of carbonyl (C=O) groups excluding carboxylic acids is 1. The number of para-hydroxylation sites is 1. The van der Waals surface area contributed by atoms with Crippen LogP contribution in [0.2, 0.25) is 0 Å². The molecule has 1 aromatic heterocycles.